The van der Waals surface area contributed by atoms with Crippen LogP contribution in [0.25, 0.3) is 0 Å². The van der Waals surface area contributed by atoms with Crippen molar-refractivity contribution in [2.24, 2.45) is 5.92 Å². The highest BCUT2D eigenvalue weighted by Gasteiger charge is 2.20. The largest absolute Gasteiger partial charge is 0.478 e. The number of hydrogen-bond acceptors (Lipinski definition) is 4. The molecule has 0 bridgehead atoms. The van der Waals surface area contributed by atoms with E-state index in [4.69, 9.17) is 9.63 Å². The SMILES string of the molecule is O=C(O)c1cnoc1CC1CCCNC1. The van der Waals surface area contributed by atoms with Crippen molar-refractivity contribution >= 4 is 5.97 Å². The van der Waals surface area contributed by atoms with Crippen LogP contribution in [0.15, 0.2) is 10.7 Å². The van der Waals surface area contributed by atoms with Crippen molar-refractivity contribution in [2.75, 3.05) is 13.1 Å². The molecule has 2 heterocycles. The number of carboxylic acid groups (broad SMARTS) is 1. The quantitative estimate of drug-likeness (QED) is 0.775. The summed E-state index contributed by atoms with van der Waals surface area (Å²) in [5.41, 5.74) is 0.195. The van der Waals surface area contributed by atoms with Crippen LogP contribution in [-0.2, 0) is 6.42 Å². The summed E-state index contributed by atoms with van der Waals surface area (Å²) in [4.78, 5) is 10.8. The molecule has 82 valence electrons. The lowest BCUT2D eigenvalue weighted by Crippen LogP contribution is -2.31. The van der Waals surface area contributed by atoms with Crippen molar-refractivity contribution in [3.63, 3.8) is 0 Å². The fraction of sp³-hybridized carbons (Fsp3) is 0.600. The summed E-state index contributed by atoms with van der Waals surface area (Å²) in [6, 6.07) is 0. The van der Waals surface area contributed by atoms with Crippen LogP contribution in [0.3, 0.4) is 0 Å². The van der Waals surface area contributed by atoms with Gasteiger partial charge in [-0.3, -0.25) is 0 Å². The first-order chi connectivity index (χ1) is 7.27. The Hall–Kier alpha value is -1.36. The molecule has 0 spiro atoms. The summed E-state index contributed by atoms with van der Waals surface area (Å²) in [6.45, 7) is 1.98. The molecule has 1 aliphatic heterocycles. The average Bonchev–Trinajstić information content (AvgIpc) is 2.67. The van der Waals surface area contributed by atoms with E-state index < -0.39 is 5.97 Å². The number of rotatable bonds is 3. The van der Waals surface area contributed by atoms with E-state index in [-0.39, 0.29) is 5.56 Å². The molecule has 1 saturated heterocycles. The van der Waals surface area contributed by atoms with Crippen LogP contribution in [-0.4, -0.2) is 29.3 Å². The van der Waals surface area contributed by atoms with Gasteiger partial charge < -0.3 is 14.9 Å². The average molecular weight is 210 g/mol. The van der Waals surface area contributed by atoms with Crippen molar-refractivity contribution in [1.29, 1.82) is 0 Å². The maximum Gasteiger partial charge on any atom is 0.340 e. The first-order valence-corrected chi connectivity index (χ1v) is 5.15. The zero-order valence-corrected chi connectivity index (χ0v) is 8.40. The van der Waals surface area contributed by atoms with Gasteiger partial charge in [-0.25, -0.2) is 4.79 Å². The predicted molar refractivity (Wildman–Crippen MR) is 52.8 cm³/mol. The number of carboxylic acids is 1. The molecule has 2 N–H and O–H groups in total. The molecule has 5 heteroatoms. The number of aromatic carboxylic acids is 1. The highest BCUT2D eigenvalue weighted by atomic mass is 16.5. The number of aromatic nitrogens is 1. The Balaban J connectivity index is 2.03. The van der Waals surface area contributed by atoms with Crippen LogP contribution >= 0.6 is 0 Å². The normalized spacial score (nSPS) is 21.5. The lowest BCUT2D eigenvalue weighted by molar-refractivity contribution is 0.0694. The molecule has 1 aromatic rings. The molecular formula is C10H14N2O3. The van der Waals surface area contributed by atoms with E-state index in [0.29, 0.717) is 18.1 Å². The summed E-state index contributed by atoms with van der Waals surface area (Å²) in [5, 5.41) is 15.7. The lowest BCUT2D eigenvalue weighted by Gasteiger charge is -2.21. The third-order valence-corrected chi connectivity index (χ3v) is 2.75. The van der Waals surface area contributed by atoms with Gasteiger partial charge >= 0.3 is 5.97 Å². The monoisotopic (exact) mass is 210 g/mol. The fourth-order valence-electron chi connectivity index (χ4n) is 1.95. The highest BCUT2D eigenvalue weighted by Crippen LogP contribution is 2.18. The van der Waals surface area contributed by atoms with Crippen molar-refractivity contribution < 1.29 is 14.4 Å². The zero-order chi connectivity index (χ0) is 10.7. The predicted octanol–water partition coefficient (Wildman–Crippen LogP) is 0.915. The van der Waals surface area contributed by atoms with Gasteiger partial charge in [-0.1, -0.05) is 5.16 Å². The zero-order valence-electron chi connectivity index (χ0n) is 8.40. The van der Waals surface area contributed by atoms with Crippen molar-refractivity contribution in [3.05, 3.63) is 17.5 Å². The first-order valence-electron chi connectivity index (χ1n) is 5.15. The van der Waals surface area contributed by atoms with E-state index in [9.17, 15) is 4.79 Å². The van der Waals surface area contributed by atoms with Crippen LogP contribution in [0, 0.1) is 5.92 Å². The Morgan fingerprint density at radius 2 is 2.60 bits per heavy atom. The number of nitrogens with one attached hydrogen (secondary N) is 1. The van der Waals surface area contributed by atoms with Gasteiger partial charge in [0.25, 0.3) is 0 Å². The smallest absolute Gasteiger partial charge is 0.340 e. The summed E-state index contributed by atoms with van der Waals surface area (Å²) < 4.78 is 4.97. The van der Waals surface area contributed by atoms with Gasteiger partial charge in [0.05, 0.1) is 6.20 Å². The highest BCUT2D eigenvalue weighted by molar-refractivity contribution is 5.88. The van der Waals surface area contributed by atoms with Crippen molar-refractivity contribution in [1.82, 2.24) is 10.5 Å². The number of carbonyl (C=O) groups is 1. The first kappa shape index (κ1) is 10.2. The Kier molecular flexibility index (Phi) is 3.01. The Morgan fingerprint density at radius 1 is 1.73 bits per heavy atom. The van der Waals surface area contributed by atoms with Crippen LogP contribution < -0.4 is 5.32 Å². The molecule has 0 radical (unpaired) electrons. The molecule has 1 fully saturated rings. The van der Waals surface area contributed by atoms with Gasteiger partial charge in [-0.05, 0) is 31.8 Å². The maximum absolute atomic E-state index is 10.8. The Labute approximate surface area is 87.5 Å². The second-order valence-corrected chi connectivity index (χ2v) is 3.88. The third-order valence-electron chi connectivity index (χ3n) is 2.75. The van der Waals surface area contributed by atoms with Crippen LogP contribution in [0.2, 0.25) is 0 Å². The second-order valence-electron chi connectivity index (χ2n) is 3.88. The van der Waals surface area contributed by atoms with Crippen LogP contribution in [0.5, 0.6) is 0 Å². The molecule has 15 heavy (non-hydrogen) atoms. The van der Waals surface area contributed by atoms with Gasteiger partial charge in [0, 0.05) is 6.42 Å². The minimum Gasteiger partial charge on any atom is -0.478 e. The topological polar surface area (TPSA) is 75.4 Å². The number of piperidine rings is 1. The second kappa shape index (κ2) is 4.44. The van der Waals surface area contributed by atoms with Crippen molar-refractivity contribution in [3.8, 4) is 0 Å². The minimum atomic E-state index is -0.963. The van der Waals surface area contributed by atoms with E-state index in [1.54, 1.807) is 0 Å². The summed E-state index contributed by atoms with van der Waals surface area (Å²) >= 11 is 0. The van der Waals surface area contributed by atoms with Crippen LogP contribution in [0.4, 0.5) is 0 Å². The molecule has 1 aliphatic rings. The van der Waals surface area contributed by atoms with Gasteiger partial charge in [0.1, 0.15) is 5.56 Å². The van der Waals surface area contributed by atoms with E-state index in [2.05, 4.69) is 10.5 Å². The summed E-state index contributed by atoms with van der Waals surface area (Å²) in [7, 11) is 0. The molecule has 1 aromatic heterocycles. The maximum atomic E-state index is 10.8. The van der Waals surface area contributed by atoms with E-state index in [0.717, 1.165) is 25.9 Å². The molecular weight excluding hydrogens is 196 g/mol. The minimum absolute atomic E-state index is 0.195. The Morgan fingerprint density at radius 3 is 3.27 bits per heavy atom. The van der Waals surface area contributed by atoms with E-state index in [1.165, 1.54) is 6.20 Å². The molecule has 2 rings (SSSR count). The van der Waals surface area contributed by atoms with E-state index >= 15 is 0 Å². The Bertz CT molecular complexity index is 342. The number of nitrogens with zero attached hydrogens (tertiary/aromatic N) is 1. The van der Waals surface area contributed by atoms with Crippen LogP contribution in [0.1, 0.15) is 29.0 Å². The lowest BCUT2D eigenvalue weighted by atomic mass is 9.94. The summed E-state index contributed by atoms with van der Waals surface area (Å²) in [5.74, 6) is -0.00369. The van der Waals surface area contributed by atoms with Gasteiger partial charge in [-0.2, -0.15) is 0 Å². The van der Waals surface area contributed by atoms with Gasteiger partial charge in [0.15, 0.2) is 5.76 Å². The van der Waals surface area contributed by atoms with Gasteiger partial charge in [-0.15, -0.1) is 0 Å². The molecule has 0 amide bonds. The fourth-order valence-corrected chi connectivity index (χ4v) is 1.95. The molecule has 0 aromatic carbocycles. The van der Waals surface area contributed by atoms with Gasteiger partial charge in [0.2, 0.25) is 0 Å². The standard InChI is InChI=1S/C10H14N2O3/c13-10(14)8-6-12-15-9(8)4-7-2-1-3-11-5-7/h6-7,11H,1-5H2,(H,13,14). The van der Waals surface area contributed by atoms with E-state index in [1.807, 2.05) is 0 Å². The number of hydrogen-bond donors (Lipinski definition) is 2. The molecule has 5 nitrogen and oxygen atoms in total. The van der Waals surface area contributed by atoms with Crippen molar-refractivity contribution in [2.45, 2.75) is 19.3 Å². The summed E-state index contributed by atoms with van der Waals surface area (Å²) in [6.07, 6.45) is 4.19. The molecule has 1 atom stereocenters. The molecule has 0 aliphatic carbocycles. The molecule has 0 saturated carbocycles. The third kappa shape index (κ3) is 2.36. The molecule has 1 unspecified atom stereocenters.